The number of hydrogen-bond donors (Lipinski definition) is 2. The van der Waals surface area contributed by atoms with Crippen LogP contribution in [0.15, 0.2) is 18.2 Å². The Labute approximate surface area is 65.1 Å². The molecule has 0 aliphatic carbocycles. The van der Waals surface area contributed by atoms with Gasteiger partial charge in [0.05, 0.1) is 0 Å². The first-order valence-electron chi connectivity index (χ1n) is 2.85. The van der Waals surface area contributed by atoms with Crippen LogP contribution in [-0.4, -0.2) is 5.11 Å². The van der Waals surface area contributed by atoms with E-state index in [4.69, 9.17) is 5.11 Å². The molecular formula is C7H8O2S. The third kappa shape index (κ3) is 1.36. The van der Waals surface area contributed by atoms with Crippen LogP contribution in [0, 0.1) is 6.92 Å². The lowest BCUT2D eigenvalue weighted by Gasteiger charge is -2.00. The lowest BCUT2D eigenvalue weighted by molar-refractivity contribution is 0.451. The van der Waals surface area contributed by atoms with Crippen molar-refractivity contribution in [2.45, 2.75) is 6.92 Å². The van der Waals surface area contributed by atoms with E-state index in [0.717, 1.165) is 5.56 Å². The molecule has 0 saturated heterocycles. The summed E-state index contributed by atoms with van der Waals surface area (Å²) in [5, 5.41) is 9.12. The minimum atomic E-state index is 0.120. The predicted molar refractivity (Wildman–Crippen MR) is 42.5 cm³/mol. The summed E-state index contributed by atoms with van der Waals surface area (Å²) in [5.74, 6) is 0.504. The molecule has 0 unspecified atom stereocenters. The molecule has 0 atom stereocenters. The Balaban J connectivity index is 3.07. The number of aromatic hydroxyl groups is 1. The molecule has 3 heteroatoms. The van der Waals surface area contributed by atoms with Gasteiger partial charge in [-0.05, 0) is 24.6 Å². The molecule has 1 rings (SSSR count). The van der Waals surface area contributed by atoms with Crippen LogP contribution < -0.4 is 4.18 Å². The number of phenolic OH excluding ortho intramolecular Hbond substituents is 1. The summed E-state index contributed by atoms with van der Waals surface area (Å²) >= 11 is 3.55. The van der Waals surface area contributed by atoms with E-state index in [0.29, 0.717) is 5.75 Å². The van der Waals surface area contributed by atoms with Gasteiger partial charge in [-0.25, -0.2) is 0 Å². The molecular weight excluding hydrogens is 148 g/mol. The van der Waals surface area contributed by atoms with E-state index in [-0.39, 0.29) is 5.75 Å². The zero-order valence-corrected chi connectivity index (χ0v) is 6.43. The average Bonchev–Trinajstić information content (AvgIpc) is 1.88. The van der Waals surface area contributed by atoms with E-state index in [1.54, 1.807) is 12.1 Å². The van der Waals surface area contributed by atoms with E-state index in [2.05, 4.69) is 17.1 Å². The summed E-state index contributed by atoms with van der Waals surface area (Å²) in [6.07, 6.45) is 0. The highest BCUT2D eigenvalue weighted by atomic mass is 32.1. The largest absolute Gasteiger partial charge is 0.504 e. The molecule has 0 saturated carbocycles. The highest BCUT2D eigenvalue weighted by Crippen LogP contribution is 2.26. The zero-order valence-electron chi connectivity index (χ0n) is 5.53. The third-order valence-corrected chi connectivity index (χ3v) is 1.41. The van der Waals surface area contributed by atoms with Crippen LogP contribution >= 0.6 is 12.9 Å². The van der Waals surface area contributed by atoms with Crippen LogP contribution in [0.1, 0.15) is 5.56 Å². The monoisotopic (exact) mass is 156 g/mol. The molecule has 1 aromatic carbocycles. The number of rotatable bonds is 1. The van der Waals surface area contributed by atoms with Crippen LogP contribution in [0.2, 0.25) is 0 Å². The summed E-state index contributed by atoms with van der Waals surface area (Å²) in [5.41, 5.74) is 0.992. The predicted octanol–water partition coefficient (Wildman–Crippen LogP) is 1.92. The molecule has 2 nitrogen and oxygen atoms in total. The molecule has 1 N–H and O–H groups in total. The van der Waals surface area contributed by atoms with E-state index in [1.165, 1.54) is 0 Å². The van der Waals surface area contributed by atoms with Crippen LogP contribution in [0.3, 0.4) is 0 Å². The Kier molecular flexibility index (Phi) is 2.06. The molecule has 0 radical (unpaired) electrons. The Hall–Kier alpha value is -0.830. The number of aryl methyl sites for hydroxylation is 1. The molecule has 0 spiro atoms. The molecule has 0 aliphatic rings. The van der Waals surface area contributed by atoms with Gasteiger partial charge < -0.3 is 9.29 Å². The second-order valence-electron chi connectivity index (χ2n) is 2.06. The van der Waals surface area contributed by atoms with Crippen molar-refractivity contribution in [3.05, 3.63) is 23.8 Å². The number of phenols is 1. The maximum Gasteiger partial charge on any atom is 0.178 e. The van der Waals surface area contributed by atoms with Gasteiger partial charge in [0.25, 0.3) is 0 Å². The lowest BCUT2D eigenvalue weighted by atomic mass is 10.2. The van der Waals surface area contributed by atoms with Crippen LogP contribution in [0.5, 0.6) is 11.5 Å². The minimum absolute atomic E-state index is 0.120. The van der Waals surface area contributed by atoms with Gasteiger partial charge in [0, 0.05) is 12.9 Å². The first-order chi connectivity index (χ1) is 4.74. The second kappa shape index (κ2) is 2.84. The van der Waals surface area contributed by atoms with E-state index >= 15 is 0 Å². The Morgan fingerprint density at radius 1 is 1.50 bits per heavy atom. The van der Waals surface area contributed by atoms with Crippen molar-refractivity contribution >= 4 is 12.9 Å². The van der Waals surface area contributed by atoms with E-state index < -0.39 is 0 Å². The van der Waals surface area contributed by atoms with Crippen LogP contribution in [0.4, 0.5) is 0 Å². The quantitative estimate of drug-likeness (QED) is 0.480. The van der Waals surface area contributed by atoms with E-state index in [9.17, 15) is 0 Å². The van der Waals surface area contributed by atoms with Gasteiger partial charge in [-0.3, -0.25) is 0 Å². The van der Waals surface area contributed by atoms with Gasteiger partial charge in [0.15, 0.2) is 11.5 Å². The van der Waals surface area contributed by atoms with Crippen molar-refractivity contribution < 1.29 is 9.29 Å². The van der Waals surface area contributed by atoms with Gasteiger partial charge in [0.1, 0.15) is 0 Å². The first-order valence-corrected chi connectivity index (χ1v) is 3.21. The van der Waals surface area contributed by atoms with Crippen molar-refractivity contribution in [3.8, 4) is 11.5 Å². The van der Waals surface area contributed by atoms with Gasteiger partial charge in [-0.1, -0.05) is 6.07 Å². The van der Waals surface area contributed by atoms with Crippen LogP contribution in [0.25, 0.3) is 0 Å². The van der Waals surface area contributed by atoms with Crippen molar-refractivity contribution in [1.29, 1.82) is 0 Å². The fourth-order valence-electron chi connectivity index (χ4n) is 0.705. The van der Waals surface area contributed by atoms with Gasteiger partial charge >= 0.3 is 0 Å². The van der Waals surface area contributed by atoms with Gasteiger partial charge in [0.2, 0.25) is 0 Å². The highest BCUT2D eigenvalue weighted by Gasteiger charge is 1.98. The Bertz CT molecular complexity index is 235. The van der Waals surface area contributed by atoms with E-state index in [1.807, 2.05) is 13.0 Å². The fourth-order valence-corrected chi connectivity index (χ4v) is 0.859. The zero-order chi connectivity index (χ0) is 7.56. The number of hydrogen-bond acceptors (Lipinski definition) is 3. The minimum Gasteiger partial charge on any atom is -0.504 e. The van der Waals surface area contributed by atoms with Crippen molar-refractivity contribution in [1.82, 2.24) is 0 Å². The summed E-state index contributed by atoms with van der Waals surface area (Å²) in [4.78, 5) is 0. The molecule has 0 aliphatic heterocycles. The molecule has 0 aromatic heterocycles. The second-order valence-corrected chi connectivity index (χ2v) is 2.25. The average molecular weight is 156 g/mol. The Morgan fingerprint density at radius 3 is 2.70 bits per heavy atom. The summed E-state index contributed by atoms with van der Waals surface area (Å²) in [6.45, 7) is 1.89. The summed E-state index contributed by atoms with van der Waals surface area (Å²) in [6, 6.07) is 5.12. The first kappa shape index (κ1) is 7.28. The molecule has 0 bridgehead atoms. The lowest BCUT2D eigenvalue weighted by Crippen LogP contribution is -1.77. The standard InChI is InChI=1S/C7H8O2S/c1-5-2-3-7(9-10)6(8)4-5/h2-4,8,10H,1H3. The van der Waals surface area contributed by atoms with Crippen molar-refractivity contribution in [2.24, 2.45) is 0 Å². The maximum absolute atomic E-state index is 9.12. The number of thiol groups is 1. The molecule has 0 heterocycles. The topological polar surface area (TPSA) is 29.5 Å². The Morgan fingerprint density at radius 2 is 2.20 bits per heavy atom. The van der Waals surface area contributed by atoms with Gasteiger partial charge in [-0.2, -0.15) is 0 Å². The smallest absolute Gasteiger partial charge is 0.178 e. The van der Waals surface area contributed by atoms with Gasteiger partial charge in [-0.15, -0.1) is 0 Å². The summed E-state index contributed by atoms with van der Waals surface area (Å²) < 4.78 is 4.54. The number of benzene rings is 1. The van der Waals surface area contributed by atoms with Crippen molar-refractivity contribution in [3.63, 3.8) is 0 Å². The van der Waals surface area contributed by atoms with Crippen LogP contribution in [-0.2, 0) is 0 Å². The van der Waals surface area contributed by atoms with Crippen molar-refractivity contribution in [2.75, 3.05) is 0 Å². The normalized spacial score (nSPS) is 9.40. The molecule has 10 heavy (non-hydrogen) atoms. The highest BCUT2D eigenvalue weighted by molar-refractivity contribution is 7.75. The third-order valence-electron chi connectivity index (χ3n) is 1.21. The molecule has 0 fully saturated rings. The molecule has 54 valence electrons. The fraction of sp³-hybridized carbons (Fsp3) is 0.143. The SMILES string of the molecule is Cc1ccc(OS)c(O)c1. The summed E-state index contributed by atoms with van der Waals surface area (Å²) in [7, 11) is 0. The maximum atomic E-state index is 9.12. The molecule has 1 aromatic rings. The molecule has 0 amide bonds.